The lowest BCUT2D eigenvalue weighted by atomic mass is 9.89. The van der Waals surface area contributed by atoms with E-state index in [1.807, 2.05) is 0 Å². The van der Waals surface area contributed by atoms with Gasteiger partial charge >= 0.3 is 5.97 Å². The molecule has 1 atom stereocenters. The highest BCUT2D eigenvalue weighted by molar-refractivity contribution is 7.89. The molecule has 0 saturated heterocycles. The quantitative estimate of drug-likeness (QED) is 0.793. The van der Waals surface area contributed by atoms with Crippen LogP contribution in [0.5, 0.6) is 0 Å². The molecule has 2 aromatic rings. The Labute approximate surface area is 162 Å². The van der Waals surface area contributed by atoms with Gasteiger partial charge in [0.05, 0.1) is 22.2 Å². The van der Waals surface area contributed by atoms with Crippen molar-refractivity contribution >= 4 is 38.9 Å². The third-order valence-electron chi connectivity index (χ3n) is 4.24. The van der Waals surface area contributed by atoms with Crippen LogP contribution >= 0.6 is 11.6 Å². The van der Waals surface area contributed by atoms with Crippen LogP contribution in [0, 0.1) is 5.92 Å². The molecule has 0 amide bonds. The Morgan fingerprint density at radius 2 is 1.81 bits per heavy atom. The Morgan fingerprint density at radius 1 is 1.19 bits per heavy atom. The van der Waals surface area contributed by atoms with Crippen molar-refractivity contribution in [2.24, 2.45) is 5.92 Å². The second kappa shape index (κ2) is 7.19. The normalized spacial score (nSPS) is 15.1. The molecular weight excluding hydrogens is 388 g/mol. The molecule has 0 fully saturated rings. The number of benzene rings is 2. The maximum atomic E-state index is 12.7. The number of allylic oxidation sites excluding steroid dienone is 1. The van der Waals surface area contributed by atoms with E-state index < -0.39 is 21.9 Å². The maximum absolute atomic E-state index is 12.7. The van der Waals surface area contributed by atoms with Gasteiger partial charge in [0.15, 0.2) is 0 Å². The van der Waals surface area contributed by atoms with E-state index in [0.29, 0.717) is 27.5 Å². The van der Waals surface area contributed by atoms with E-state index in [-0.39, 0.29) is 4.90 Å². The molecule has 8 heteroatoms. The van der Waals surface area contributed by atoms with Gasteiger partial charge in [-0.25, -0.2) is 8.42 Å². The number of hydrogen-bond acceptors (Lipinski definition) is 4. The van der Waals surface area contributed by atoms with Crippen molar-refractivity contribution in [1.29, 1.82) is 0 Å². The zero-order valence-corrected chi connectivity index (χ0v) is 16.0. The maximum Gasteiger partial charge on any atom is 0.310 e. The molecule has 2 N–H and O–H groups in total. The number of nitrogens with one attached hydrogen (secondary N) is 1. The molecule has 3 rings (SSSR count). The Bertz CT molecular complexity index is 1050. The zero-order chi connectivity index (χ0) is 19.8. The number of anilines is 1. The molecule has 1 aliphatic rings. The van der Waals surface area contributed by atoms with Gasteiger partial charge in [0.2, 0.25) is 0 Å². The van der Waals surface area contributed by atoms with Crippen molar-refractivity contribution in [2.45, 2.75) is 11.8 Å². The number of fused-ring (bicyclic) bond motifs is 1. The molecule has 0 radical (unpaired) electrons. The molecule has 2 aromatic carbocycles. The summed E-state index contributed by atoms with van der Waals surface area (Å²) < 4.78 is 25.5. The Hall–Kier alpha value is -2.61. The van der Waals surface area contributed by atoms with Crippen molar-refractivity contribution in [3.63, 3.8) is 0 Å². The second-order valence-electron chi connectivity index (χ2n) is 6.05. The average Bonchev–Trinajstić information content (AvgIpc) is 2.63. The molecule has 0 saturated carbocycles. The molecule has 0 aromatic heterocycles. The largest absolute Gasteiger partial charge is 0.481 e. The van der Waals surface area contributed by atoms with Gasteiger partial charge in [-0.05, 0) is 48.9 Å². The molecule has 0 bridgehead atoms. The number of rotatable bonds is 5. The number of halogens is 1. The van der Waals surface area contributed by atoms with Crippen LogP contribution in [0.4, 0.5) is 5.69 Å². The van der Waals surface area contributed by atoms with Gasteiger partial charge in [0.25, 0.3) is 10.0 Å². The molecule has 6 nitrogen and oxygen atoms in total. The van der Waals surface area contributed by atoms with Crippen LogP contribution in [0.1, 0.15) is 12.5 Å². The minimum atomic E-state index is -3.90. The van der Waals surface area contributed by atoms with Crippen LogP contribution in [0.2, 0.25) is 5.02 Å². The number of aliphatic carboxylic acids is 1. The standard InChI is InChI=1S/C19H17ClN2O4S/c1-12-11-17(13(2)19(23)24)16-5-3-4-6-18(16)22(12)21-27(25,26)15-9-7-14(20)8-10-15/h3-11,13,21H,1H2,2H3,(H,23,24). The highest BCUT2D eigenvalue weighted by Crippen LogP contribution is 2.38. The SMILES string of the molecule is C=C1C=C(C(C)C(=O)O)c2ccccc2N1NS(=O)(=O)c1ccc(Cl)cc1. The predicted octanol–water partition coefficient (Wildman–Crippen LogP) is 3.67. The van der Waals surface area contributed by atoms with Gasteiger partial charge in [-0.15, -0.1) is 4.83 Å². The van der Waals surface area contributed by atoms with E-state index in [0.717, 1.165) is 0 Å². The van der Waals surface area contributed by atoms with Gasteiger partial charge in [-0.2, -0.15) is 0 Å². The van der Waals surface area contributed by atoms with Gasteiger partial charge in [-0.3, -0.25) is 9.80 Å². The van der Waals surface area contributed by atoms with Gasteiger partial charge in [-0.1, -0.05) is 36.4 Å². The van der Waals surface area contributed by atoms with Crippen molar-refractivity contribution in [2.75, 3.05) is 5.01 Å². The molecule has 27 heavy (non-hydrogen) atoms. The van der Waals surface area contributed by atoms with Crippen LogP contribution in [0.15, 0.2) is 71.8 Å². The number of nitrogens with zero attached hydrogens (tertiary/aromatic N) is 1. The summed E-state index contributed by atoms with van der Waals surface area (Å²) in [7, 11) is -3.90. The highest BCUT2D eigenvalue weighted by Gasteiger charge is 2.29. The summed E-state index contributed by atoms with van der Waals surface area (Å²) in [6.07, 6.45) is 1.57. The van der Waals surface area contributed by atoms with Gasteiger partial charge in [0, 0.05) is 10.6 Å². The van der Waals surface area contributed by atoms with E-state index in [4.69, 9.17) is 11.6 Å². The van der Waals surface area contributed by atoms with Crippen LogP contribution < -0.4 is 9.84 Å². The van der Waals surface area contributed by atoms with Gasteiger partial charge < -0.3 is 5.11 Å². The number of hydrogen-bond donors (Lipinski definition) is 2. The minimum Gasteiger partial charge on any atom is -0.481 e. The van der Waals surface area contributed by atoms with Crippen molar-refractivity contribution in [3.05, 3.63) is 77.5 Å². The number of carboxylic acids is 1. The Balaban J connectivity index is 2.02. The van der Waals surface area contributed by atoms with E-state index in [2.05, 4.69) is 11.4 Å². The first-order valence-corrected chi connectivity index (χ1v) is 9.87. The topological polar surface area (TPSA) is 86.7 Å². The van der Waals surface area contributed by atoms with E-state index in [1.165, 1.54) is 29.3 Å². The minimum absolute atomic E-state index is 0.0471. The first-order chi connectivity index (χ1) is 12.7. The third-order valence-corrected chi connectivity index (χ3v) is 5.81. The first-order valence-electron chi connectivity index (χ1n) is 8.01. The summed E-state index contributed by atoms with van der Waals surface area (Å²) in [5.41, 5.74) is 2.00. The molecule has 140 valence electrons. The van der Waals surface area contributed by atoms with E-state index in [1.54, 1.807) is 37.3 Å². The summed E-state index contributed by atoms with van der Waals surface area (Å²) in [5.74, 6) is -1.74. The molecule has 1 aliphatic heterocycles. The molecule has 0 aliphatic carbocycles. The van der Waals surface area contributed by atoms with Gasteiger partial charge in [0.1, 0.15) is 0 Å². The Kier molecular flexibility index (Phi) is 5.10. The monoisotopic (exact) mass is 404 g/mol. The summed E-state index contributed by atoms with van der Waals surface area (Å²) in [6, 6.07) is 12.7. The summed E-state index contributed by atoms with van der Waals surface area (Å²) in [5, 5.41) is 11.1. The summed E-state index contributed by atoms with van der Waals surface area (Å²) in [6.45, 7) is 5.46. The number of sulfonamides is 1. The highest BCUT2D eigenvalue weighted by atomic mass is 35.5. The predicted molar refractivity (Wildman–Crippen MR) is 105 cm³/mol. The van der Waals surface area contributed by atoms with Crippen LogP contribution in [-0.4, -0.2) is 19.5 Å². The van der Waals surface area contributed by atoms with Crippen LogP contribution in [-0.2, 0) is 14.8 Å². The number of para-hydroxylation sites is 1. The van der Waals surface area contributed by atoms with E-state index >= 15 is 0 Å². The smallest absolute Gasteiger partial charge is 0.310 e. The lowest BCUT2D eigenvalue weighted by Crippen LogP contribution is -2.42. The van der Waals surface area contributed by atoms with Crippen molar-refractivity contribution < 1.29 is 18.3 Å². The lowest BCUT2D eigenvalue weighted by molar-refractivity contribution is -0.139. The molecule has 0 spiro atoms. The van der Waals surface area contributed by atoms with Crippen molar-refractivity contribution in [3.8, 4) is 0 Å². The van der Waals surface area contributed by atoms with Crippen LogP contribution in [0.3, 0.4) is 0 Å². The van der Waals surface area contributed by atoms with Crippen LogP contribution in [0.25, 0.3) is 5.57 Å². The molecular formula is C19H17ClN2O4S. The second-order valence-corrected chi connectivity index (χ2v) is 8.15. The average molecular weight is 405 g/mol. The Morgan fingerprint density at radius 3 is 2.44 bits per heavy atom. The number of hydrazine groups is 1. The number of carboxylic acid groups (broad SMARTS) is 1. The fraction of sp³-hybridized carbons (Fsp3) is 0.105. The molecule has 1 unspecified atom stereocenters. The first kappa shape index (κ1) is 19.2. The molecule has 1 heterocycles. The van der Waals surface area contributed by atoms with E-state index in [9.17, 15) is 18.3 Å². The van der Waals surface area contributed by atoms with Crippen molar-refractivity contribution in [1.82, 2.24) is 4.83 Å². The fourth-order valence-electron chi connectivity index (χ4n) is 2.77. The lowest BCUT2D eigenvalue weighted by Gasteiger charge is -2.33. The summed E-state index contributed by atoms with van der Waals surface area (Å²) in [4.78, 5) is 14.0. The number of carbonyl (C=O) groups is 1. The third kappa shape index (κ3) is 3.75. The fourth-order valence-corrected chi connectivity index (χ4v) is 3.96. The summed E-state index contributed by atoms with van der Waals surface area (Å²) >= 11 is 5.82. The zero-order valence-electron chi connectivity index (χ0n) is 14.4.